The van der Waals surface area contributed by atoms with E-state index in [0.29, 0.717) is 17.7 Å². The van der Waals surface area contributed by atoms with E-state index in [1.165, 1.54) is 0 Å². The first kappa shape index (κ1) is 16.8. The van der Waals surface area contributed by atoms with E-state index in [2.05, 4.69) is 25.1 Å². The van der Waals surface area contributed by atoms with Crippen LogP contribution in [0, 0.1) is 6.92 Å². The molecular weight excluding hydrogens is 300 g/mol. The zero-order valence-corrected chi connectivity index (χ0v) is 14.9. The number of rotatable bonds is 4. The molecule has 2 aromatic carbocycles. The maximum atomic E-state index is 10.6. The molecule has 0 unspecified atom stereocenters. The van der Waals surface area contributed by atoms with Crippen molar-refractivity contribution in [3.63, 3.8) is 0 Å². The zero-order valence-electron chi connectivity index (χ0n) is 14.9. The molecule has 0 fully saturated rings. The first-order chi connectivity index (χ1) is 11.3. The van der Waals surface area contributed by atoms with Crippen LogP contribution in [0.4, 0.5) is 0 Å². The van der Waals surface area contributed by atoms with Gasteiger partial charge in [0.05, 0.1) is 11.7 Å². The van der Waals surface area contributed by atoms with Gasteiger partial charge in [0.25, 0.3) is 0 Å². The molecule has 3 heteroatoms. The number of aliphatic hydroxyl groups excluding tert-OH is 1. The van der Waals surface area contributed by atoms with Gasteiger partial charge in [0.1, 0.15) is 17.1 Å². The lowest BCUT2D eigenvalue weighted by Crippen LogP contribution is -2.29. The van der Waals surface area contributed by atoms with E-state index in [0.717, 1.165) is 35.1 Å². The molecule has 0 radical (unpaired) electrons. The summed E-state index contributed by atoms with van der Waals surface area (Å²) in [5.74, 6) is 0.809. The number of aromatic hydroxyl groups is 1. The van der Waals surface area contributed by atoms with Crippen molar-refractivity contribution >= 4 is 0 Å². The number of aryl methyl sites for hydroxylation is 1. The van der Waals surface area contributed by atoms with Crippen LogP contribution in [0.15, 0.2) is 30.3 Å². The van der Waals surface area contributed by atoms with Crippen molar-refractivity contribution in [2.75, 3.05) is 0 Å². The molecule has 2 N–H and O–H groups in total. The second-order valence-corrected chi connectivity index (χ2v) is 7.23. The molecule has 0 amide bonds. The minimum absolute atomic E-state index is 0.167. The maximum Gasteiger partial charge on any atom is 0.132 e. The van der Waals surface area contributed by atoms with Gasteiger partial charge in [0.2, 0.25) is 0 Å². The highest BCUT2D eigenvalue weighted by molar-refractivity contribution is 5.82. The lowest BCUT2D eigenvalue weighted by Gasteiger charge is -2.36. The number of unbranched alkanes of at least 4 members (excludes halogenated alkanes) is 1. The van der Waals surface area contributed by atoms with Crippen molar-refractivity contribution in [3.05, 3.63) is 47.0 Å². The minimum Gasteiger partial charge on any atom is -0.507 e. The van der Waals surface area contributed by atoms with Gasteiger partial charge in [0.15, 0.2) is 0 Å². The molecule has 2 aromatic rings. The van der Waals surface area contributed by atoms with Gasteiger partial charge < -0.3 is 14.9 Å². The van der Waals surface area contributed by atoms with Gasteiger partial charge in [-0.05, 0) is 50.5 Å². The summed E-state index contributed by atoms with van der Waals surface area (Å²) in [7, 11) is 0. The highest BCUT2D eigenvalue weighted by atomic mass is 16.5. The number of hydrogen-bond donors (Lipinski definition) is 2. The predicted octanol–water partition coefficient (Wildman–Crippen LogP) is 5.22. The Bertz CT molecular complexity index is 762. The highest BCUT2D eigenvalue weighted by Crippen LogP contribution is 2.50. The van der Waals surface area contributed by atoms with Gasteiger partial charge in [-0.2, -0.15) is 0 Å². The first-order valence-electron chi connectivity index (χ1n) is 8.69. The van der Waals surface area contributed by atoms with Crippen LogP contribution >= 0.6 is 0 Å². The summed E-state index contributed by atoms with van der Waals surface area (Å²) in [5, 5.41) is 21.0. The van der Waals surface area contributed by atoms with Crippen LogP contribution in [-0.4, -0.2) is 10.2 Å². The van der Waals surface area contributed by atoms with E-state index < -0.39 is 11.7 Å². The van der Waals surface area contributed by atoms with Crippen molar-refractivity contribution in [1.29, 1.82) is 0 Å². The Labute approximate surface area is 143 Å². The molecule has 0 bridgehead atoms. The van der Waals surface area contributed by atoms with E-state index in [9.17, 15) is 10.2 Å². The van der Waals surface area contributed by atoms with Crippen LogP contribution in [-0.2, 0) is 5.60 Å². The lowest BCUT2D eigenvalue weighted by atomic mass is 9.84. The van der Waals surface area contributed by atoms with Crippen LogP contribution in [0.1, 0.15) is 62.8 Å². The first-order valence-corrected chi connectivity index (χ1v) is 8.69. The third-order valence-electron chi connectivity index (χ3n) is 4.78. The van der Waals surface area contributed by atoms with Gasteiger partial charge in [-0.3, -0.25) is 0 Å². The summed E-state index contributed by atoms with van der Waals surface area (Å²) in [6, 6.07) is 9.77. The van der Waals surface area contributed by atoms with Crippen LogP contribution < -0.4 is 4.74 Å². The van der Waals surface area contributed by atoms with Gasteiger partial charge in [-0.15, -0.1) is 0 Å². The molecule has 1 aliphatic heterocycles. The molecule has 0 aromatic heterocycles. The van der Waals surface area contributed by atoms with Crippen molar-refractivity contribution in [2.45, 2.75) is 58.7 Å². The molecule has 1 heterocycles. The topological polar surface area (TPSA) is 49.7 Å². The molecule has 0 saturated carbocycles. The normalized spacial score (nSPS) is 16.0. The molecule has 128 valence electrons. The number of benzene rings is 2. The lowest BCUT2D eigenvalue weighted by molar-refractivity contribution is 0.104. The predicted molar refractivity (Wildman–Crippen MR) is 96.4 cm³/mol. The molecule has 1 aliphatic rings. The van der Waals surface area contributed by atoms with Crippen LogP contribution in [0.5, 0.6) is 11.5 Å². The smallest absolute Gasteiger partial charge is 0.132 e. The SMILES string of the molecule is CCCC[C@@H](O)c1cc(O)c2c(c1)OC(C)(C)c1ccc(C)cc1-2. The molecule has 3 rings (SSSR count). The monoisotopic (exact) mass is 326 g/mol. The van der Waals surface area contributed by atoms with E-state index in [-0.39, 0.29) is 5.75 Å². The fraction of sp³-hybridized carbons (Fsp3) is 0.429. The summed E-state index contributed by atoms with van der Waals surface area (Å²) in [4.78, 5) is 0. The standard InChI is InChI=1S/C21H26O3/c1-5-6-7-17(22)14-11-18(23)20-15-10-13(2)8-9-16(15)21(3,4)24-19(20)12-14/h8-12,17,22-23H,5-7H2,1-4H3/t17-/m1/s1. The number of aliphatic hydroxyl groups is 1. The maximum absolute atomic E-state index is 10.6. The third kappa shape index (κ3) is 2.89. The second kappa shape index (κ2) is 6.14. The van der Waals surface area contributed by atoms with Crippen molar-refractivity contribution in [1.82, 2.24) is 0 Å². The van der Waals surface area contributed by atoms with E-state index >= 15 is 0 Å². The fourth-order valence-electron chi connectivity index (χ4n) is 3.45. The molecule has 0 aliphatic carbocycles. The summed E-state index contributed by atoms with van der Waals surface area (Å²) >= 11 is 0. The van der Waals surface area contributed by atoms with Gasteiger partial charge >= 0.3 is 0 Å². The number of phenols is 1. The summed E-state index contributed by atoms with van der Waals surface area (Å²) in [6.07, 6.45) is 2.09. The van der Waals surface area contributed by atoms with E-state index in [4.69, 9.17) is 4.74 Å². The Hall–Kier alpha value is -2.00. The largest absolute Gasteiger partial charge is 0.507 e. The third-order valence-corrected chi connectivity index (χ3v) is 4.78. The average Bonchev–Trinajstić information content (AvgIpc) is 2.50. The Kier molecular flexibility index (Phi) is 4.31. The summed E-state index contributed by atoms with van der Waals surface area (Å²) in [6.45, 7) is 8.20. The highest BCUT2D eigenvalue weighted by Gasteiger charge is 2.34. The quantitative estimate of drug-likeness (QED) is 0.810. The Morgan fingerprint density at radius 3 is 2.62 bits per heavy atom. The number of fused-ring (bicyclic) bond motifs is 3. The zero-order chi connectivity index (χ0) is 17.5. The molecule has 24 heavy (non-hydrogen) atoms. The molecule has 0 saturated heterocycles. The minimum atomic E-state index is -0.577. The van der Waals surface area contributed by atoms with Gasteiger partial charge in [0, 0.05) is 5.56 Å². The number of ether oxygens (including phenoxy) is 1. The Balaban J connectivity index is 2.12. The summed E-state index contributed by atoms with van der Waals surface area (Å²) in [5.41, 5.74) is 4.17. The van der Waals surface area contributed by atoms with Crippen LogP contribution in [0.3, 0.4) is 0 Å². The number of hydrogen-bond acceptors (Lipinski definition) is 3. The van der Waals surface area contributed by atoms with Crippen molar-refractivity contribution < 1.29 is 14.9 Å². The average molecular weight is 326 g/mol. The summed E-state index contributed by atoms with van der Waals surface area (Å²) < 4.78 is 6.19. The van der Waals surface area contributed by atoms with Crippen LogP contribution in [0.25, 0.3) is 11.1 Å². The molecule has 0 spiro atoms. The second-order valence-electron chi connectivity index (χ2n) is 7.23. The Morgan fingerprint density at radius 2 is 1.92 bits per heavy atom. The molecular formula is C21H26O3. The molecule has 3 nitrogen and oxygen atoms in total. The molecule has 1 atom stereocenters. The van der Waals surface area contributed by atoms with Crippen molar-refractivity contribution in [3.8, 4) is 22.6 Å². The van der Waals surface area contributed by atoms with Crippen molar-refractivity contribution in [2.24, 2.45) is 0 Å². The van der Waals surface area contributed by atoms with Crippen LogP contribution in [0.2, 0.25) is 0 Å². The van der Waals surface area contributed by atoms with E-state index in [1.54, 1.807) is 6.07 Å². The number of phenolic OH excluding ortho intramolecular Hbond substituents is 1. The fourth-order valence-corrected chi connectivity index (χ4v) is 3.45. The van der Waals surface area contributed by atoms with Gasteiger partial charge in [-0.25, -0.2) is 0 Å². The van der Waals surface area contributed by atoms with E-state index in [1.807, 2.05) is 26.8 Å². The Morgan fingerprint density at radius 1 is 1.17 bits per heavy atom. The van der Waals surface area contributed by atoms with Gasteiger partial charge in [-0.1, -0.05) is 43.5 Å².